The monoisotopic (exact) mass is 343 g/mol. The average molecular weight is 343 g/mol. The maximum absolute atomic E-state index is 12.5. The molecule has 0 aliphatic rings. The topological polar surface area (TPSA) is 89.3 Å². The Morgan fingerprint density at radius 1 is 1.18 bits per heavy atom. The van der Waals surface area contributed by atoms with Gasteiger partial charge in [0.05, 0.1) is 16.0 Å². The molecule has 1 heterocycles. The third-order valence-corrected chi connectivity index (χ3v) is 6.02. The summed E-state index contributed by atoms with van der Waals surface area (Å²) in [6, 6.07) is 5.34. The van der Waals surface area contributed by atoms with E-state index in [0.29, 0.717) is 0 Å². The van der Waals surface area contributed by atoms with E-state index >= 15 is 0 Å². The number of nitrogens with zero attached hydrogens (tertiary/aromatic N) is 3. The van der Waals surface area contributed by atoms with Crippen LogP contribution >= 0.6 is 0 Å². The molecule has 0 fully saturated rings. The normalized spacial score (nSPS) is 12.7. The lowest BCUT2D eigenvalue weighted by Crippen LogP contribution is -2.26. The van der Waals surface area contributed by atoms with Crippen LogP contribution < -0.4 is 0 Å². The summed E-state index contributed by atoms with van der Waals surface area (Å²) in [5, 5.41) is 3.99. The number of aryl methyl sites for hydroxylation is 1. The second-order valence-electron chi connectivity index (χ2n) is 5.03. The summed E-state index contributed by atoms with van der Waals surface area (Å²) in [7, 11) is -4.06. The molecule has 0 N–H and O–H groups in total. The molecule has 0 saturated carbocycles. The number of sulfone groups is 1. The molecule has 9 heteroatoms. The van der Waals surface area contributed by atoms with Crippen molar-refractivity contribution in [3.63, 3.8) is 0 Å². The molecule has 2 rings (SSSR count). The fourth-order valence-electron chi connectivity index (χ4n) is 1.94. The smallest absolute Gasteiger partial charge is 0.243 e. The molecule has 0 aliphatic heterocycles. The minimum Gasteiger partial charge on any atom is -0.275 e. The maximum Gasteiger partial charge on any atom is 0.243 e. The molecule has 0 bridgehead atoms. The predicted molar refractivity (Wildman–Crippen MR) is 81.4 cm³/mol. The molecule has 0 radical (unpaired) electrons. The van der Waals surface area contributed by atoms with E-state index in [1.54, 1.807) is 24.1 Å². The summed E-state index contributed by atoms with van der Waals surface area (Å²) in [5.74, 6) is 0. The van der Waals surface area contributed by atoms with Gasteiger partial charge in [0, 0.05) is 38.7 Å². The number of sulfonamides is 1. The molecule has 7 nitrogen and oxygen atoms in total. The van der Waals surface area contributed by atoms with Crippen molar-refractivity contribution >= 4 is 19.9 Å². The van der Waals surface area contributed by atoms with E-state index in [0.717, 1.165) is 16.1 Å². The minimum absolute atomic E-state index is 0.0247. The average Bonchev–Trinajstić information content (AvgIpc) is 2.83. The van der Waals surface area contributed by atoms with Crippen LogP contribution in [0, 0.1) is 0 Å². The van der Waals surface area contributed by atoms with Crippen molar-refractivity contribution in [3.05, 3.63) is 42.2 Å². The second kappa shape index (κ2) is 5.82. The van der Waals surface area contributed by atoms with E-state index in [2.05, 4.69) is 5.10 Å². The Morgan fingerprint density at radius 3 is 2.36 bits per heavy atom. The van der Waals surface area contributed by atoms with Gasteiger partial charge in [0.15, 0.2) is 9.84 Å². The minimum atomic E-state index is -3.78. The number of hydrogen-bond acceptors (Lipinski definition) is 5. The third-order valence-electron chi connectivity index (χ3n) is 3.11. The molecule has 0 unspecified atom stereocenters. The zero-order valence-electron chi connectivity index (χ0n) is 12.5. The molecule has 0 spiro atoms. The summed E-state index contributed by atoms with van der Waals surface area (Å²) >= 11 is 0. The first-order chi connectivity index (χ1) is 10.1. The van der Waals surface area contributed by atoms with E-state index in [4.69, 9.17) is 0 Å². The number of rotatable bonds is 5. The van der Waals surface area contributed by atoms with Crippen LogP contribution in [0.2, 0.25) is 0 Å². The molecule has 0 amide bonds. The quantitative estimate of drug-likeness (QED) is 0.795. The van der Waals surface area contributed by atoms with E-state index in [1.807, 2.05) is 0 Å². The van der Waals surface area contributed by atoms with Crippen LogP contribution in [0.4, 0.5) is 0 Å². The molecule has 1 aromatic carbocycles. The Balaban J connectivity index is 2.33. The van der Waals surface area contributed by atoms with Crippen LogP contribution in [0.25, 0.3) is 0 Å². The first-order valence-electron chi connectivity index (χ1n) is 6.35. The van der Waals surface area contributed by atoms with Crippen LogP contribution in [0.3, 0.4) is 0 Å². The summed E-state index contributed by atoms with van der Waals surface area (Å²) in [6.45, 7) is 0.152. The Bertz CT molecular complexity index is 886. The lowest BCUT2D eigenvalue weighted by molar-refractivity contribution is 0.466. The highest BCUT2D eigenvalue weighted by Gasteiger charge is 2.22. The molecule has 0 saturated heterocycles. The zero-order chi connectivity index (χ0) is 16.5. The summed E-state index contributed by atoms with van der Waals surface area (Å²) < 4.78 is 50.9. The van der Waals surface area contributed by atoms with Crippen molar-refractivity contribution in [2.24, 2.45) is 7.05 Å². The number of hydrogen-bond donors (Lipinski definition) is 0. The van der Waals surface area contributed by atoms with Gasteiger partial charge in [-0.15, -0.1) is 0 Å². The van der Waals surface area contributed by atoms with Gasteiger partial charge in [-0.2, -0.15) is 9.40 Å². The first-order valence-corrected chi connectivity index (χ1v) is 9.68. The van der Waals surface area contributed by atoms with Gasteiger partial charge in [-0.1, -0.05) is 6.07 Å². The zero-order valence-corrected chi connectivity index (χ0v) is 14.1. The first kappa shape index (κ1) is 16.7. The van der Waals surface area contributed by atoms with Crippen LogP contribution in [0.5, 0.6) is 0 Å². The van der Waals surface area contributed by atoms with E-state index in [1.165, 1.54) is 31.3 Å². The summed E-state index contributed by atoms with van der Waals surface area (Å²) in [6.07, 6.45) is 4.34. The molecular formula is C13H17N3O4S2. The van der Waals surface area contributed by atoms with Gasteiger partial charge in [-0.05, 0) is 18.2 Å². The van der Waals surface area contributed by atoms with Crippen LogP contribution in [-0.2, 0) is 33.5 Å². The molecule has 22 heavy (non-hydrogen) atoms. The van der Waals surface area contributed by atoms with Gasteiger partial charge >= 0.3 is 0 Å². The van der Waals surface area contributed by atoms with Crippen molar-refractivity contribution in [2.75, 3.05) is 13.3 Å². The molecule has 0 atom stereocenters. The Kier molecular flexibility index (Phi) is 4.41. The third kappa shape index (κ3) is 3.54. The molecule has 120 valence electrons. The molecule has 1 aromatic heterocycles. The summed E-state index contributed by atoms with van der Waals surface area (Å²) in [4.78, 5) is -0.0785. The fourth-order valence-corrected chi connectivity index (χ4v) is 3.89. The number of benzene rings is 1. The predicted octanol–water partition coefficient (Wildman–Crippen LogP) is 0.644. The standard InChI is InChI=1S/C13H17N3O4S2/c1-15-9-11(8-14-15)10-16(2)22(19,20)13-6-4-5-12(7-13)21(3,17)18/h4-9H,10H2,1-3H3. The van der Waals surface area contributed by atoms with Gasteiger partial charge < -0.3 is 0 Å². The van der Waals surface area contributed by atoms with Crippen molar-refractivity contribution in [1.29, 1.82) is 0 Å². The van der Waals surface area contributed by atoms with Crippen molar-refractivity contribution in [2.45, 2.75) is 16.3 Å². The van der Waals surface area contributed by atoms with E-state index in [9.17, 15) is 16.8 Å². The highest BCUT2D eigenvalue weighted by molar-refractivity contribution is 7.91. The largest absolute Gasteiger partial charge is 0.275 e. The van der Waals surface area contributed by atoms with Crippen molar-refractivity contribution < 1.29 is 16.8 Å². The number of aromatic nitrogens is 2. The highest BCUT2D eigenvalue weighted by atomic mass is 32.2. The van der Waals surface area contributed by atoms with Gasteiger partial charge in [0.25, 0.3) is 0 Å². The van der Waals surface area contributed by atoms with Crippen molar-refractivity contribution in [3.8, 4) is 0 Å². The van der Waals surface area contributed by atoms with E-state index < -0.39 is 19.9 Å². The Morgan fingerprint density at radius 2 is 1.82 bits per heavy atom. The Hall–Kier alpha value is -1.71. The lowest BCUT2D eigenvalue weighted by Gasteiger charge is -2.16. The molecule has 0 aliphatic carbocycles. The lowest BCUT2D eigenvalue weighted by atomic mass is 10.4. The highest BCUT2D eigenvalue weighted by Crippen LogP contribution is 2.20. The maximum atomic E-state index is 12.5. The van der Waals surface area contributed by atoms with E-state index in [-0.39, 0.29) is 16.3 Å². The van der Waals surface area contributed by atoms with Gasteiger partial charge in [0.1, 0.15) is 0 Å². The molecule has 2 aromatic rings. The van der Waals surface area contributed by atoms with Crippen molar-refractivity contribution in [1.82, 2.24) is 14.1 Å². The van der Waals surface area contributed by atoms with Gasteiger partial charge in [-0.3, -0.25) is 4.68 Å². The van der Waals surface area contributed by atoms with Gasteiger partial charge in [-0.25, -0.2) is 16.8 Å². The van der Waals surface area contributed by atoms with Gasteiger partial charge in [0.2, 0.25) is 10.0 Å². The van der Waals surface area contributed by atoms with Crippen LogP contribution in [0.15, 0.2) is 46.5 Å². The van der Waals surface area contributed by atoms with Crippen LogP contribution in [-0.4, -0.2) is 44.2 Å². The second-order valence-corrected chi connectivity index (χ2v) is 9.09. The summed E-state index contributed by atoms with van der Waals surface area (Å²) in [5.41, 5.74) is 0.743. The fraction of sp³-hybridized carbons (Fsp3) is 0.308. The Labute approximate surface area is 130 Å². The van der Waals surface area contributed by atoms with Crippen LogP contribution in [0.1, 0.15) is 5.56 Å². The SMILES string of the molecule is CN(Cc1cnn(C)c1)S(=O)(=O)c1cccc(S(C)(=O)=O)c1. The molecular weight excluding hydrogens is 326 g/mol.